The Morgan fingerprint density at radius 3 is 2.74 bits per heavy atom. The van der Waals surface area contributed by atoms with Crippen LogP contribution in [0.3, 0.4) is 0 Å². The molecule has 2 atom stereocenters. The maximum absolute atomic E-state index is 13.5. The van der Waals surface area contributed by atoms with Crippen molar-refractivity contribution in [2.24, 2.45) is 11.8 Å². The Balaban J connectivity index is 2.05. The van der Waals surface area contributed by atoms with Gasteiger partial charge in [-0.2, -0.15) is 4.98 Å². The molecule has 0 fully saturated rings. The summed E-state index contributed by atoms with van der Waals surface area (Å²) in [5.41, 5.74) is 0. The summed E-state index contributed by atoms with van der Waals surface area (Å²) in [6, 6.07) is 0.790. The maximum Gasteiger partial charge on any atom is 0.252 e. The lowest BCUT2D eigenvalue weighted by Gasteiger charge is -2.25. The summed E-state index contributed by atoms with van der Waals surface area (Å²) >= 11 is 0. The third-order valence-electron chi connectivity index (χ3n) is 3.49. The fourth-order valence-corrected chi connectivity index (χ4v) is 2.15. The van der Waals surface area contributed by atoms with Crippen LogP contribution in [0, 0.1) is 23.5 Å². The molecule has 1 N–H and O–H groups in total. The van der Waals surface area contributed by atoms with Gasteiger partial charge in [-0.15, -0.1) is 0 Å². The van der Waals surface area contributed by atoms with Crippen molar-refractivity contribution in [2.45, 2.75) is 19.8 Å². The van der Waals surface area contributed by atoms with Gasteiger partial charge in [0, 0.05) is 13.1 Å². The number of nitrogens with zero attached hydrogens (tertiary/aromatic N) is 1. The van der Waals surface area contributed by atoms with Gasteiger partial charge in [-0.05, 0) is 24.7 Å². The molecule has 0 aliphatic heterocycles. The van der Waals surface area contributed by atoms with Crippen molar-refractivity contribution in [2.75, 3.05) is 19.0 Å². The van der Waals surface area contributed by atoms with E-state index in [4.69, 9.17) is 4.74 Å². The van der Waals surface area contributed by atoms with Crippen molar-refractivity contribution in [1.29, 1.82) is 0 Å². The molecule has 3 nitrogen and oxygen atoms in total. The van der Waals surface area contributed by atoms with Crippen LogP contribution in [0.15, 0.2) is 18.2 Å². The number of nitrogens with one attached hydrogen (secondary N) is 1. The molecule has 1 aromatic rings. The topological polar surface area (TPSA) is 34.2 Å². The number of pyridine rings is 1. The van der Waals surface area contributed by atoms with Gasteiger partial charge in [0.2, 0.25) is 0 Å². The zero-order valence-corrected chi connectivity index (χ0v) is 11.1. The minimum atomic E-state index is -0.768. The van der Waals surface area contributed by atoms with Crippen LogP contribution in [0.2, 0.25) is 0 Å². The maximum atomic E-state index is 13.5. The first kappa shape index (κ1) is 13.8. The standard InChI is InChI=1S/C14H18F2N2O/c1-9-5-3-4-6-10(9)8-19-14-12(16)7-11(15)13(17-2)18-14/h3-4,7,9-10H,5-6,8H2,1-2H3,(H,17,18). The van der Waals surface area contributed by atoms with E-state index in [1.165, 1.54) is 7.05 Å². The molecule has 104 valence electrons. The van der Waals surface area contributed by atoms with E-state index in [1.54, 1.807) is 0 Å². The molecule has 5 heteroatoms. The molecule has 0 spiro atoms. The normalized spacial score (nSPS) is 22.3. The predicted octanol–water partition coefficient (Wildman–Crippen LogP) is 3.38. The molecular weight excluding hydrogens is 250 g/mol. The monoisotopic (exact) mass is 268 g/mol. The molecule has 1 aliphatic carbocycles. The molecular formula is C14H18F2N2O. The summed E-state index contributed by atoms with van der Waals surface area (Å²) in [6.45, 7) is 2.54. The van der Waals surface area contributed by atoms with Gasteiger partial charge >= 0.3 is 0 Å². The number of halogens is 2. The van der Waals surface area contributed by atoms with Crippen LogP contribution in [0.25, 0.3) is 0 Å². The summed E-state index contributed by atoms with van der Waals surface area (Å²) in [4.78, 5) is 3.80. The molecule has 0 bridgehead atoms. The van der Waals surface area contributed by atoms with Crippen LogP contribution < -0.4 is 10.1 Å². The van der Waals surface area contributed by atoms with Gasteiger partial charge < -0.3 is 10.1 Å². The van der Waals surface area contributed by atoms with Crippen LogP contribution in [0.5, 0.6) is 5.88 Å². The fourth-order valence-electron chi connectivity index (χ4n) is 2.15. The molecule has 0 amide bonds. The van der Waals surface area contributed by atoms with Crippen LogP contribution in [-0.2, 0) is 0 Å². The van der Waals surface area contributed by atoms with Gasteiger partial charge in [-0.3, -0.25) is 0 Å². The first-order valence-corrected chi connectivity index (χ1v) is 6.43. The van der Waals surface area contributed by atoms with Gasteiger partial charge in [-0.25, -0.2) is 8.78 Å². The number of hydrogen-bond donors (Lipinski definition) is 1. The van der Waals surface area contributed by atoms with Crippen LogP contribution in [-0.4, -0.2) is 18.6 Å². The molecule has 1 heterocycles. The number of allylic oxidation sites excluding steroid dienone is 2. The molecule has 1 aliphatic rings. The van der Waals surface area contributed by atoms with E-state index >= 15 is 0 Å². The highest BCUT2D eigenvalue weighted by Gasteiger charge is 2.20. The lowest BCUT2D eigenvalue weighted by molar-refractivity contribution is 0.186. The molecule has 2 rings (SSSR count). The average molecular weight is 268 g/mol. The lowest BCUT2D eigenvalue weighted by Crippen LogP contribution is -2.21. The number of ether oxygens (including phenoxy) is 1. The molecule has 0 saturated heterocycles. The Labute approximate surface area is 111 Å². The van der Waals surface area contributed by atoms with Crippen molar-refractivity contribution in [3.8, 4) is 5.88 Å². The molecule has 19 heavy (non-hydrogen) atoms. The van der Waals surface area contributed by atoms with Crippen molar-refractivity contribution in [1.82, 2.24) is 4.98 Å². The van der Waals surface area contributed by atoms with Gasteiger partial charge in [0.25, 0.3) is 5.88 Å². The van der Waals surface area contributed by atoms with E-state index < -0.39 is 11.6 Å². The second kappa shape index (κ2) is 5.99. The largest absolute Gasteiger partial charge is 0.475 e. The van der Waals surface area contributed by atoms with Crippen LogP contribution in [0.4, 0.5) is 14.6 Å². The quantitative estimate of drug-likeness (QED) is 0.850. The average Bonchev–Trinajstić information content (AvgIpc) is 2.39. The first-order valence-electron chi connectivity index (χ1n) is 6.43. The van der Waals surface area contributed by atoms with E-state index in [-0.39, 0.29) is 11.7 Å². The van der Waals surface area contributed by atoms with Crippen LogP contribution in [0.1, 0.15) is 19.8 Å². The number of hydrogen-bond acceptors (Lipinski definition) is 3. The Morgan fingerprint density at radius 1 is 1.32 bits per heavy atom. The second-order valence-corrected chi connectivity index (χ2v) is 4.85. The SMILES string of the molecule is CNc1nc(OCC2CC=CCC2C)c(F)cc1F. The van der Waals surface area contributed by atoms with Gasteiger partial charge in [0.1, 0.15) is 0 Å². The number of rotatable bonds is 4. The van der Waals surface area contributed by atoms with Crippen molar-refractivity contribution < 1.29 is 13.5 Å². The zero-order chi connectivity index (χ0) is 13.8. The van der Waals surface area contributed by atoms with E-state index in [0.717, 1.165) is 18.9 Å². The van der Waals surface area contributed by atoms with E-state index in [0.29, 0.717) is 18.4 Å². The summed E-state index contributed by atoms with van der Waals surface area (Å²) in [7, 11) is 1.53. The Kier molecular flexibility index (Phi) is 4.35. The highest BCUT2D eigenvalue weighted by atomic mass is 19.1. The van der Waals surface area contributed by atoms with Crippen molar-refractivity contribution in [3.05, 3.63) is 29.9 Å². The molecule has 1 aromatic heterocycles. The van der Waals surface area contributed by atoms with Gasteiger partial charge in [0.05, 0.1) is 6.61 Å². The lowest BCUT2D eigenvalue weighted by atomic mass is 9.85. The molecule has 2 unspecified atom stereocenters. The Hall–Kier alpha value is -1.65. The van der Waals surface area contributed by atoms with Gasteiger partial charge in [-0.1, -0.05) is 19.1 Å². The highest BCUT2D eigenvalue weighted by Crippen LogP contribution is 2.27. The van der Waals surface area contributed by atoms with E-state index in [1.807, 2.05) is 0 Å². The van der Waals surface area contributed by atoms with Gasteiger partial charge in [0.15, 0.2) is 17.5 Å². The Morgan fingerprint density at radius 2 is 2.05 bits per heavy atom. The summed E-state index contributed by atoms with van der Waals surface area (Å²) in [5, 5.41) is 2.57. The van der Waals surface area contributed by atoms with Crippen molar-refractivity contribution in [3.63, 3.8) is 0 Å². The molecule has 0 saturated carbocycles. The predicted molar refractivity (Wildman–Crippen MR) is 70.2 cm³/mol. The highest BCUT2D eigenvalue weighted by molar-refractivity contribution is 5.38. The van der Waals surface area contributed by atoms with E-state index in [2.05, 4.69) is 29.4 Å². The summed E-state index contributed by atoms with van der Waals surface area (Å²) in [5.74, 6) is -0.802. The zero-order valence-electron chi connectivity index (χ0n) is 11.1. The minimum absolute atomic E-state index is 0.00649. The minimum Gasteiger partial charge on any atom is -0.475 e. The molecule has 0 radical (unpaired) electrons. The summed E-state index contributed by atoms with van der Waals surface area (Å²) < 4.78 is 32.2. The molecule has 0 aromatic carbocycles. The smallest absolute Gasteiger partial charge is 0.252 e. The van der Waals surface area contributed by atoms with Crippen molar-refractivity contribution >= 4 is 5.82 Å². The third kappa shape index (κ3) is 3.22. The Bertz CT molecular complexity index is 477. The first-order chi connectivity index (χ1) is 9.11. The van der Waals surface area contributed by atoms with E-state index in [9.17, 15) is 8.78 Å². The van der Waals surface area contributed by atoms with Crippen LogP contribution >= 0.6 is 0 Å². The third-order valence-corrected chi connectivity index (χ3v) is 3.49. The summed E-state index contributed by atoms with van der Waals surface area (Å²) in [6.07, 6.45) is 6.19. The fraction of sp³-hybridized carbons (Fsp3) is 0.500. The number of aromatic nitrogens is 1. The second-order valence-electron chi connectivity index (χ2n) is 4.85. The number of anilines is 1.